The molecule has 0 aliphatic heterocycles. The maximum Gasteiger partial charge on any atom is 0.139 e. The number of benzene rings is 1. The van der Waals surface area contributed by atoms with Crippen LogP contribution in [0, 0.1) is 0 Å². The van der Waals surface area contributed by atoms with Gasteiger partial charge in [0.05, 0.1) is 5.69 Å². The fraction of sp³-hybridized carbons (Fsp3) is 0.231. The minimum atomic E-state index is 0.224. The van der Waals surface area contributed by atoms with Crippen LogP contribution in [0.25, 0.3) is 0 Å². The summed E-state index contributed by atoms with van der Waals surface area (Å²) in [5.74, 6) is 1.41. The smallest absolute Gasteiger partial charge is 0.139 e. The lowest BCUT2D eigenvalue weighted by molar-refractivity contribution is 0.855. The Labute approximate surface area is 125 Å². The zero-order valence-corrected chi connectivity index (χ0v) is 13.0. The summed E-state index contributed by atoms with van der Waals surface area (Å²) in [4.78, 5) is 8.29. The summed E-state index contributed by atoms with van der Waals surface area (Å²) in [6, 6.07) is 5.52. The zero-order chi connectivity index (χ0) is 14.0. The van der Waals surface area contributed by atoms with Crippen LogP contribution in [0.3, 0.4) is 0 Å². The van der Waals surface area contributed by atoms with Gasteiger partial charge in [-0.25, -0.2) is 9.97 Å². The third kappa shape index (κ3) is 3.16. The Bertz CT molecular complexity index is 601. The summed E-state index contributed by atoms with van der Waals surface area (Å²) in [5, 5.41) is 3.89. The van der Waals surface area contributed by atoms with Gasteiger partial charge in [0.15, 0.2) is 0 Å². The van der Waals surface area contributed by atoms with Gasteiger partial charge in [-0.05, 0) is 40.0 Å². The average Bonchev–Trinajstić information content (AvgIpc) is 2.33. The Morgan fingerprint density at radius 1 is 1.32 bits per heavy atom. The summed E-state index contributed by atoms with van der Waals surface area (Å²) in [7, 11) is 0. The van der Waals surface area contributed by atoms with Gasteiger partial charge in [-0.3, -0.25) is 0 Å². The Morgan fingerprint density at radius 2 is 2.05 bits per heavy atom. The van der Waals surface area contributed by atoms with E-state index in [-0.39, 0.29) is 5.92 Å². The predicted octanol–water partition coefficient (Wildman–Crippen LogP) is 4.34. The van der Waals surface area contributed by atoms with Crippen LogP contribution < -0.4 is 11.1 Å². The summed E-state index contributed by atoms with van der Waals surface area (Å²) in [5.41, 5.74) is 7.65. The Hall–Kier alpha value is -1.33. The molecule has 6 heteroatoms. The molecule has 0 amide bonds. The van der Waals surface area contributed by atoms with Gasteiger partial charge in [-0.15, -0.1) is 0 Å². The monoisotopic (exact) mass is 340 g/mol. The second kappa shape index (κ2) is 5.75. The molecule has 2 rings (SSSR count). The number of halogens is 2. The van der Waals surface area contributed by atoms with E-state index in [1.807, 2.05) is 32.0 Å². The Balaban J connectivity index is 2.44. The van der Waals surface area contributed by atoms with E-state index in [4.69, 9.17) is 17.3 Å². The Morgan fingerprint density at radius 3 is 2.74 bits per heavy atom. The van der Waals surface area contributed by atoms with Gasteiger partial charge in [-0.1, -0.05) is 25.4 Å². The van der Waals surface area contributed by atoms with Crippen molar-refractivity contribution in [2.24, 2.45) is 0 Å². The first kappa shape index (κ1) is 14.1. The van der Waals surface area contributed by atoms with Gasteiger partial charge in [-0.2, -0.15) is 0 Å². The van der Waals surface area contributed by atoms with Crippen LogP contribution in [0.5, 0.6) is 0 Å². The third-order valence-electron chi connectivity index (χ3n) is 2.67. The van der Waals surface area contributed by atoms with Crippen molar-refractivity contribution in [1.82, 2.24) is 9.97 Å². The van der Waals surface area contributed by atoms with Gasteiger partial charge >= 0.3 is 0 Å². The van der Waals surface area contributed by atoms with E-state index in [2.05, 4.69) is 31.2 Å². The fourth-order valence-corrected chi connectivity index (χ4v) is 2.32. The van der Waals surface area contributed by atoms with Crippen molar-refractivity contribution in [2.75, 3.05) is 11.1 Å². The van der Waals surface area contributed by atoms with E-state index < -0.39 is 0 Å². The molecular formula is C13H14BrClN4. The highest BCUT2D eigenvalue weighted by molar-refractivity contribution is 9.10. The van der Waals surface area contributed by atoms with Gasteiger partial charge in [0.1, 0.15) is 18.0 Å². The maximum absolute atomic E-state index is 6.00. The molecule has 100 valence electrons. The van der Waals surface area contributed by atoms with Crippen LogP contribution in [0.1, 0.15) is 25.3 Å². The molecular weight excluding hydrogens is 328 g/mol. The predicted molar refractivity (Wildman–Crippen MR) is 83.0 cm³/mol. The van der Waals surface area contributed by atoms with Gasteiger partial charge < -0.3 is 11.1 Å². The number of nitrogens with one attached hydrogen (secondary N) is 1. The molecule has 0 fully saturated rings. The van der Waals surface area contributed by atoms with Crippen molar-refractivity contribution in [1.29, 1.82) is 0 Å². The van der Waals surface area contributed by atoms with Crippen LogP contribution >= 0.6 is 27.5 Å². The number of rotatable bonds is 3. The molecule has 0 spiro atoms. The molecule has 2 aromatic rings. The van der Waals surface area contributed by atoms with Crippen molar-refractivity contribution in [2.45, 2.75) is 19.8 Å². The van der Waals surface area contributed by atoms with E-state index in [1.54, 1.807) is 0 Å². The molecule has 0 aliphatic rings. The minimum Gasteiger partial charge on any atom is -0.383 e. The van der Waals surface area contributed by atoms with E-state index in [1.165, 1.54) is 6.33 Å². The minimum absolute atomic E-state index is 0.224. The molecule has 1 aromatic carbocycles. The molecule has 0 atom stereocenters. The first-order chi connectivity index (χ1) is 8.99. The molecule has 19 heavy (non-hydrogen) atoms. The standard InChI is InChI=1S/C13H14BrClN4/c1-7(2)11-12(16)17-6-18-13(11)19-10-5-8(15)3-4-9(10)14/h3-7H,1-2H3,(H3,16,17,18,19). The number of aromatic nitrogens is 2. The topological polar surface area (TPSA) is 63.8 Å². The molecule has 0 unspecified atom stereocenters. The quantitative estimate of drug-likeness (QED) is 0.871. The first-order valence-corrected chi connectivity index (χ1v) is 6.98. The summed E-state index contributed by atoms with van der Waals surface area (Å²) in [6.07, 6.45) is 1.45. The van der Waals surface area contributed by atoms with E-state index >= 15 is 0 Å². The number of nitrogens with two attached hydrogens (primary N) is 1. The number of hydrogen-bond donors (Lipinski definition) is 2. The van der Waals surface area contributed by atoms with Crippen LogP contribution in [-0.2, 0) is 0 Å². The average molecular weight is 342 g/mol. The molecule has 1 heterocycles. The van der Waals surface area contributed by atoms with Crippen molar-refractivity contribution in [3.63, 3.8) is 0 Å². The summed E-state index contributed by atoms with van der Waals surface area (Å²) < 4.78 is 0.906. The third-order valence-corrected chi connectivity index (χ3v) is 3.60. The van der Waals surface area contributed by atoms with Crippen molar-refractivity contribution in [3.05, 3.63) is 39.6 Å². The highest BCUT2D eigenvalue weighted by atomic mass is 79.9. The molecule has 0 aliphatic carbocycles. The second-order valence-corrected chi connectivity index (χ2v) is 5.72. The first-order valence-electron chi connectivity index (χ1n) is 5.81. The lowest BCUT2D eigenvalue weighted by atomic mass is 10.0. The Kier molecular flexibility index (Phi) is 4.27. The van der Waals surface area contributed by atoms with E-state index in [0.29, 0.717) is 16.7 Å². The summed E-state index contributed by atoms with van der Waals surface area (Å²) in [6.45, 7) is 4.10. The largest absolute Gasteiger partial charge is 0.383 e. The van der Waals surface area contributed by atoms with Crippen molar-refractivity contribution >= 4 is 44.9 Å². The van der Waals surface area contributed by atoms with Crippen molar-refractivity contribution in [3.8, 4) is 0 Å². The van der Waals surface area contributed by atoms with Gasteiger partial charge in [0.25, 0.3) is 0 Å². The SMILES string of the molecule is CC(C)c1c(N)ncnc1Nc1cc(Cl)ccc1Br. The highest BCUT2D eigenvalue weighted by Crippen LogP contribution is 2.32. The molecule has 4 nitrogen and oxygen atoms in total. The maximum atomic E-state index is 6.00. The number of nitrogen functional groups attached to an aromatic ring is 1. The number of anilines is 3. The van der Waals surface area contributed by atoms with E-state index in [0.717, 1.165) is 15.7 Å². The van der Waals surface area contributed by atoms with Crippen LogP contribution in [0.4, 0.5) is 17.3 Å². The summed E-state index contributed by atoms with van der Waals surface area (Å²) >= 11 is 9.47. The zero-order valence-electron chi connectivity index (χ0n) is 10.6. The molecule has 0 radical (unpaired) electrons. The van der Waals surface area contributed by atoms with Crippen LogP contribution in [-0.4, -0.2) is 9.97 Å². The van der Waals surface area contributed by atoms with Crippen LogP contribution in [0.2, 0.25) is 5.02 Å². The molecule has 1 aromatic heterocycles. The van der Waals surface area contributed by atoms with Crippen LogP contribution in [0.15, 0.2) is 29.0 Å². The normalized spacial score (nSPS) is 10.8. The fourth-order valence-electron chi connectivity index (χ4n) is 1.80. The van der Waals surface area contributed by atoms with Crippen molar-refractivity contribution < 1.29 is 0 Å². The van der Waals surface area contributed by atoms with Gasteiger partial charge in [0, 0.05) is 15.1 Å². The number of nitrogens with zero attached hydrogens (tertiary/aromatic N) is 2. The lowest BCUT2D eigenvalue weighted by Gasteiger charge is -2.15. The molecule has 0 saturated heterocycles. The molecule has 0 saturated carbocycles. The molecule has 3 N–H and O–H groups in total. The highest BCUT2D eigenvalue weighted by Gasteiger charge is 2.14. The number of hydrogen-bond acceptors (Lipinski definition) is 4. The molecule has 0 bridgehead atoms. The lowest BCUT2D eigenvalue weighted by Crippen LogP contribution is -2.06. The van der Waals surface area contributed by atoms with Gasteiger partial charge in [0.2, 0.25) is 0 Å². The second-order valence-electron chi connectivity index (χ2n) is 4.43. The van der Waals surface area contributed by atoms with E-state index in [9.17, 15) is 0 Å².